The fourth-order valence-corrected chi connectivity index (χ4v) is 1.93. The molecule has 0 spiro atoms. The highest BCUT2D eigenvalue weighted by molar-refractivity contribution is 5.86. The lowest BCUT2D eigenvalue weighted by atomic mass is 10.1. The van der Waals surface area contributed by atoms with Gasteiger partial charge in [-0.1, -0.05) is 12.6 Å². The minimum Gasteiger partial charge on any atom is -0.486 e. The van der Waals surface area contributed by atoms with E-state index in [0.29, 0.717) is 24.8 Å². The number of fused-ring (bicyclic) bond motifs is 1. The molecule has 0 aromatic heterocycles. The molecule has 1 atom stereocenters. The van der Waals surface area contributed by atoms with Crippen molar-refractivity contribution in [1.82, 2.24) is 5.32 Å². The van der Waals surface area contributed by atoms with Crippen molar-refractivity contribution in [2.24, 2.45) is 0 Å². The first-order chi connectivity index (χ1) is 11.5. The van der Waals surface area contributed by atoms with Crippen molar-refractivity contribution < 1.29 is 24.1 Å². The Balaban J connectivity index is 0.000000277. The summed E-state index contributed by atoms with van der Waals surface area (Å²) in [4.78, 5) is 10.5. The zero-order valence-electron chi connectivity index (χ0n) is 14.6. The van der Waals surface area contributed by atoms with Crippen molar-refractivity contribution >= 4 is 5.97 Å². The first-order valence-corrected chi connectivity index (χ1v) is 7.97. The van der Waals surface area contributed by atoms with E-state index < -0.39 is 5.97 Å². The van der Waals surface area contributed by atoms with Crippen LogP contribution in [0.1, 0.15) is 19.4 Å². The molecule has 0 fully saturated rings. The molecule has 1 aliphatic rings. The van der Waals surface area contributed by atoms with Gasteiger partial charge in [-0.3, -0.25) is 0 Å². The second kappa shape index (κ2) is 10.7. The monoisotopic (exact) mass is 337 g/mol. The molecule has 0 saturated heterocycles. The molecule has 0 bridgehead atoms. The van der Waals surface area contributed by atoms with Crippen LogP contribution in [0.15, 0.2) is 30.4 Å². The molecular formula is C18H27NO5. The molecule has 1 unspecified atom stereocenters. The van der Waals surface area contributed by atoms with E-state index in [1.165, 1.54) is 5.56 Å². The van der Waals surface area contributed by atoms with Crippen LogP contribution in [0.4, 0.5) is 0 Å². The fraction of sp³-hybridized carbons (Fsp3) is 0.500. The summed E-state index contributed by atoms with van der Waals surface area (Å²) in [5.41, 5.74) is 1.63. The highest BCUT2D eigenvalue weighted by atomic mass is 16.6. The van der Waals surface area contributed by atoms with Gasteiger partial charge in [-0.05, 0) is 45.0 Å². The van der Waals surface area contributed by atoms with E-state index in [9.17, 15) is 4.79 Å². The third-order valence-corrected chi connectivity index (χ3v) is 3.31. The van der Waals surface area contributed by atoms with E-state index in [0.717, 1.165) is 17.9 Å². The number of likely N-dealkylation sites (N-methyl/N-ethyl adjacent to an activating group) is 1. The van der Waals surface area contributed by atoms with Crippen molar-refractivity contribution in [3.05, 3.63) is 35.9 Å². The largest absolute Gasteiger partial charge is 0.486 e. The van der Waals surface area contributed by atoms with Gasteiger partial charge in [-0.15, -0.1) is 0 Å². The van der Waals surface area contributed by atoms with Gasteiger partial charge in [-0.25, -0.2) is 4.79 Å². The van der Waals surface area contributed by atoms with Crippen LogP contribution >= 0.6 is 0 Å². The van der Waals surface area contributed by atoms with Crippen molar-refractivity contribution in [3.63, 3.8) is 0 Å². The van der Waals surface area contributed by atoms with Crippen molar-refractivity contribution in [1.29, 1.82) is 0 Å². The topological polar surface area (TPSA) is 77.0 Å². The third-order valence-electron chi connectivity index (χ3n) is 3.31. The molecule has 6 nitrogen and oxygen atoms in total. The van der Waals surface area contributed by atoms with Crippen molar-refractivity contribution in [3.8, 4) is 11.5 Å². The molecule has 1 aliphatic heterocycles. The Bertz CT molecular complexity index is 544. The minimum absolute atomic E-state index is 0.0473. The van der Waals surface area contributed by atoms with E-state index in [1.807, 2.05) is 13.1 Å². The standard InChI is InChI=1S/C12H17NO2.C6H10O3/c1-9(13-2)7-10-3-4-11-12(8-10)15-6-5-14-11;1-5(2)6(8)9-4-3-7/h3-4,8-9,13H,5-7H2,1-2H3;7H,1,3-4H2,2H3. The summed E-state index contributed by atoms with van der Waals surface area (Å²) >= 11 is 0. The number of carbonyl (C=O) groups excluding carboxylic acids is 1. The molecule has 1 heterocycles. The molecular weight excluding hydrogens is 310 g/mol. The lowest BCUT2D eigenvalue weighted by molar-refractivity contribution is -0.139. The quantitative estimate of drug-likeness (QED) is 0.608. The van der Waals surface area contributed by atoms with Crippen LogP contribution in [0.3, 0.4) is 0 Å². The van der Waals surface area contributed by atoms with E-state index in [-0.39, 0.29) is 13.2 Å². The van der Waals surface area contributed by atoms with Gasteiger partial charge in [0.05, 0.1) is 6.61 Å². The van der Waals surface area contributed by atoms with Gasteiger partial charge in [0, 0.05) is 11.6 Å². The van der Waals surface area contributed by atoms with E-state index >= 15 is 0 Å². The average molecular weight is 337 g/mol. The summed E-state index contributed by atoms with van der Waals surface area (Å²) in [6.07, 6.45) is 1.01. The minimum atomic E-state index is -0.455. The second-order valence-electron chi connectivity index (χ2n) is 5.51. The molecule has 2 rings (SSSR count). The lowest BCUT2D eigenvalue weighted by Crippen LogP contribution is -2.23. The summed E-state index contributed by atoms with van der Waals surface area (Å²) in [6.45, 7) is 8.28. The summed E-state index contributed by atoms with van der Waals surface area (Å²) in [7, 11) is 1.97. The Hall–Kier alpha value is -2.05. The van der Waals surface area contributed by atoms with E-state index in [4.69, 9.17) is 14.6 Å². The molecule has 0 saturated carbocycles. The third kappa shape index (κ3) is 7.02. The van der Waals surface area contributed by atoms with Gasteiger partial charge in [0.25, 0.3) is 0 Å². The molecule has 2 N–H and O–H groups in total. The maximum atomic E-state index is 10.5. The number of hydrogen-bond donors (Lipinski definition) is 2. The Morgan fingerprint density at radius 3 is 2.62 bits per heavy atom. The fourth-order valence-electron chi connectivity index (χ4n) is 1.93. The van der Waals surface area contributed by atoms with Gasteiger partial charge in [0.1, 0.15) is 19.8 Å². The Morgan fingerprint density at radius 1 is 1.38 bits per heavy atom. The van der Waals surface area contributed by atoms with E-state index in [2.05, 4.69) is 35.7 Å². The number of aliphatic hydroxyl groups is 1. The predicted octanol–water partition coefficient (Wildman–Crippen LogP) is 1.71. The zero-order valence-corrected chi connectivity index (χ0v) is 14.6. The molecule has 0 radical (unpaired) electrons. The number of ether oxygens (including phenoxy) is 3. The molecule has 0 amide bonds. The Labute approximate surface area is 143 Å². The van der Waals surface area contributed by atoms with Crippen LogP contribution in [-0.2, 0) is 16.0 Å². The van der Waals surface area contributed by atoms with Crippen LogP contribution in [0.25, 0.3) is 0 Å². The number of rotatable bonds is 6. The first kappa shape index (κ1) is 20.0. The van der Waals surface area contributed by atoms with Crippen LogP contribution < -0.4 is 14.8 Å². The van der Waals surface area contributed by atoms with Gasteiger partial charge in [0.15, 0.2) is 11.5 Å². The molecule has 1 aromatic carbocycles. The van der Waals surface area contributed by atoms with Gasteiger partial charge in [0.2, 0.25) is 0 Å². The van der Waals surface area contributed by atoms with Crippen LogP contribution in [0.5, 0.6) is 11.5 Å². The van der Waals surface area contributed by atoms with E-state index in [1.54, 1.807) is 6.92 Å². The van der Waals surface area contributed by atoms with Crippen LogP contribution in [0, 0.1) is 0 Å². The number of esters is 1. The molecule has 1 aromatic rings. The van der Waals surface area contributed by atoms with Gasteiger partial charge in [-0.2, -0.15) is 0 Å². The number of aliphatic hydroxyl groups excluding tert-OH is 1. The molecule has 24 heavy (non-hydrogen) atoms. The SMILES string of the molecule is C=C(C)C(=O)OCCO.CNC(C)Cc1ccc2c(c1)OCCO2. The highest BCUT2D eigenvalue weighted by Gasteiger charge is 2.12. The summed E-state index contributed by atoms with van der Waals surface area (Å²) in [5, 5.41) is 11.4. The Kier molecular flexibility index (Phi) is 8.89. The summed E-state index contributed by atoms with van der Waals surface area (Å²) in [5.74, 6) is 1.29. The van der Waals surface area contributed by atoms with Gasteiger partial charge >= 0.3 is 5.97 Å². The van der Waals surface area contributed by atoms with Crippen molar-refractivity contribution in [2.75, 3.05) is 33.5 Å². The number of nitrogens with one attached hydrogen (secondary N) is 1. The number of hydrogen-bond acceptors (Lipinski definition) is 6. The normalized spacial score (nSPS) is 13.3. The van der Waals surface area contributed by atoms with Gasteiger partial charge < -0.3 is 24.6 Å². The average Bonchev–Trinajstić information content (AvgIpc) is 2.59. The Morgan fingerprint density at radius 2 is 2.04 bits per heavy atom. The lowest BCUT2D eigenvalue weighted by Gasteiger charge is -2.19. The molecule has 134 valence electrons. The maximum absolute atomic E-state index is 10.5. The molecule has 6 heteroatoms. The molecule has 0 aliphatic carbocycles. The summed E-state index contributed by atoms with van der Waals surface area (Å²) < 4.78 is 15.5. The number of carbonyl (C=O) groups is 1. The zero-order chi connectivity index (χ0) is 17.9. The smallest absolute Gasteiger partial charge is 0.333 e. The van der Waals surface area contributed by atoms with Crippen LogP contribution in [-0.4, -0.2) is 50.6 Å². The van der Waals surface area contributed by atoms with Crippen LogP contribution in [0.2, 0.25) is 0 Å². The maximum Gasteiger partial charge on any atom is 0.333 e. The summed E-state index contributed by atoms with van der Waals surface area (Å²) in [6, 6.07) is 6.64. The second-order valence-corrected chi connectivity index (χ2v) is 5.51. The first-order valence-electron chi connectivity index (χ1n) is 7.97. The van der Waals surface area contributed by atoms with Crippen molar-refractivity contribution in [2.45, 2.75) is 26.3 Å². The highest BCUT2D eigenvalue weighted by Crippen LogP contribution is 2.30. The number of benzene rings is 1. The predicted molar refractivity (Wildman–Crippen MR) is 92.5 cm³/mol.